The third-order valence-electron chi connectivity index (χ3n) is 4.28. The molecule has 0 bridgehead atoms. The van der Waals surface area contributed by atoms with Crippen LogP contribution in [0.5, 0.6) is 11.5 Å². The highest BCUT2D eigenvalue weighted by atomic mass is 35.5. The number of benzene rings is 1. The summed E-state index contributed by atoms with van der Waals surface area (Å²) >= 11 is 0. The van der Waals surface area contributed by atoms with Crippen molar-refractivity contribution in [3.8, 4) is 11.5 Å². The lowest BCUT2D eigenvalue weighted by molar-refractivity contribution is -0.131. The normalized spacial score (nSPS) is 16.1. The van der Waals surface area contributed by atoms with E-state index in [0.29, 0.717) is 31.7 Å². The summed E-state index contributed by atoms with van der Waals surface area (Å²) < 4.78 is 38.3. The molecule has 0 unspecified atom stereocenters. The molecule has 1 aromatic rings. The van der Waals surface area contributed by atoms with Gasteiger partial charge in [0, 0.05) is 32.3 Å². The number of likely N-dealkylation sites (N-methyl/N-ethyl adjacent to an activating group) is 1. The van der Waals surface area contributed by atoms with Crippen molar-refractivity contribution in [2.75, 3.05) is 46.9 Å². The molecule has 0 radical (unpaired) electrons. The summed E-state index contributed by atoms with van der Waals surface area (Å²) in [5.74, 6) is -0.788. The van der Waals surface area contributed by atoms with Gasteiger partial charge in [-0.2, -0.15) is 4.31 Å². The van der Waals surface area contributed by atoms with E-state index >= 15 is 0 Å². The van der Waals surface area contributed by atoms with Gasteiger partial charge in [0.15, 0.2) is 11.5 Å². The van der Waals surface area contributed by atoms with E-state index in [-0.39, 0.29) is 28.8 Å². The van der Waals surface area contributed by atoms with Crippen LogP contribution in [0.25, 0.3) is 6.08 Å². The van der Waals surface area contributed by atoms with Crippen LogP contribution < -0.4 is 9.47 Å². The maximum absolute atomic E-state index is 13.2. The number of ether oxygens (including phenoxy) is 2. The molecule has 152 valence electrons. The van der Waals surface area contributed by atoms with Gasteiger partial charge in [-0.1, -0.05) is 6.92 Å². The molecule has 1 saturated heterocycles. The molecule has 0 saturated carbocycles. The second-order valence-electron chi connectivity index (χ2n) is 5.76. The zero-order valence-electron chi connectivity index (χ0n) is 15.5. The number of aliphatic carboxylic acids is 1. The smallest absolute Gasteiger partial charge is 0.328 e. The lowest BCUT2D eigenvalue weighted by atomic mass is 10.2. The number of carbonyl (C=O) groups is 1. The number of methoxy groups -OCH3 is 2. The first-order valence-electron chi connectivity index (χ1n) is 8.23. The van der Waals surface area contributed by atoms with Crippen molar-refractivity contribution in [1.29, 1.82) is 0 Å². The lowest BCUT2D eigenvalue weighted by Gasteiger charge is -2.33. The second kappa shape index (κ2) is 9.93. The van der Waals surface area contributed by atoms with Gasteiger partial charge in [0.2, 0.25) is 10.0 Å². The highest BCUT2D eigenvalue weighted by Crippen LogP contribution is 2.37. The van der Waals surface area contributed by atoms with Gasteiger partial charge in [-0.05, 0) is 30.3 Å². The van der Waals surface area contributed by atoms with E-state index in [0.717, 1.165) is 12.6 Å². The third kappa shape index (κ3) is 5.35. The number of hydrogen-bond acceptors (Lipinski definition) is 6. The molecule has 0 spiro atoms. The maximum Gasteiger partial charge on any atom is 0.328 e. The predicted molar refractivity (Wildman–Crippen MR) is 104 cm³/mol. The Morgan fingerprint density at radius 1 is 1.19 bits per heavy atom. The molecule has 0 aliphatic carbocycles. The molecule has 1 aromatic carbocycles. The number of nitrogens with zero attached hydrogens (tertiary/aromatic N) is 2. The van der Waals surface area contributed by atoms with E-state index in [4.69, 9.17) is 14.6 Å². The van der Waals surface area contributed by atoms with Crippen LogP contribution in [0.4, 0.5) is 0 Å². The summed E-state index contributed by atoms with van der Waals surface area (Å²) in [5, 5.41) is 8.81. The number of rotatable bonds is 7. The van der Waals surface area contributed by atoms with Crippen LogP contribution in [-0.2, 0) is 14.8 Å². The van der Waals surface area contributed by atoms with Crippen LogP contribution in [0, 0.1) is 0 Å². The molecule has 1 aliphatic rings. The molecule has 1 N–H and O–H groups in total. The van der Waals surface area contributed by atoms with Crippen molar-refractivity contribution in [3.05, 3.63) is 23.8 Å². The van der Waals surface area contributed by atoms with Crippen LogP contribution in [0.1, 0.15) is 12.5 Å². The third-order valence-corrected chi connectivity index (χ3v) is 6.19. The average molecular weight is 421 g/mol. The Kier molecular flexibility index (Phi) is 8.55. The zero-order chi connectivity index (χ0) is 19.3. The van der Waals surface area contributed by atoms with Crippen LogP contribution in [-0.4, -0.2) is 75.6 Å². The van der Waals surface area contributed by atoms with Gasteiger partial charge in [0.1, 0.15) is 4.90 Å². The minimum absolute atomic E-state index is 0. The standard InChI is InChI=1S/C17H24N2O6S.ClH/c1-4-18-7-9-19(10-8-18)26(22,23)15-12-13(5-6-16(20)21)11-14(24-2)17(15)25-3;/h5-6,11-12H,4,7-10H2,1-3H3,(H,20,21);1H. The number of hydrogen-bond donors (Lipinski definition) is 1. The van der Waals surface area contributed by atoms with Crippen molar-refractivity contribution in [2.45, 2.75) is 11.8 Å². The van der Waals surface area contributed by atoms with E-state index in [1.807, 2.05) is 6.92 Å². The van der Waals surface area contributed by atoms with Gasteiger partial charge in [0.25, 0.3) is 0 Å². The van der Waals surface area contributed by atoms with Crippen molar-refractivity contribution in [2.24, 2.45) is 0 Å². The van der Waals surface area contributed by atoms with Crippen LogP contribution >= 0.6 is 12.4 Å². The monoisotopic (exact) mass is 420 g/mol. The summed E-state index contributed by atoms with van der Waals surface area (Å²) in [6.07, 6.45) is 2.26. The topological polar surface area (TPSA) is 96.4 Å². The largest absolute Gasteiger partial charge is 0.493 e. The van der Waals surface area contributed by atoms with E-state index in [1.165, 1.54) is 36.7 Å². The van der Waals surface area contributed by atoms with E-state index < -0.39 is 16.0 Å². The number of carboxylic acids is 1. The first-order valence-corrected chi connectivity index (χ1v) is 9.67. The highest BCUT2D eigenvalue weighted by Gasteiger charge is 2.32. The quantitative estimate of drug-likeness (QED) is 0.668. The Balaban J connectivity index is 0.00000364. The SMILES string of the molecule is CCN1CCN(S(=O)(=O)c2cc(C=CC(=O)O)cc(OC)c2OC)CC1.Cl. The molecular formula is C17H25ClN2O6S. The Morgan fingerprint density at radius 3 is 2.30 bits per heavy atom. The molecule has 0 atom stereocenters. The number of carboxylic acid groups (broad SMARTS) is 1. The highest BCUT2D eigenvalue weighted by molar-refractivity contribution is 7.89. The molecule has 1 aliphatic heterocycles. The average Bonchev–Trinajstić information content (AvgIpc) is 2.65. The summed E-state index contributed by atoms with van der Waals surface area (Å²) in [7, 11) is -1.03. The number of piperazine rings is 1. The van der Waals surface area contributed by atoms with E-state index in [2.05, 4.69) is 4.90 Å². The fourth-order valence-corrected chi connectivity index (χ4v) is 4.46. The van der Waals surface area contributed by atoms with Gasteiger partial charge >= 0.3 is 5.97 Å². The van der Waals surface area contributed by atoms with Crippen molar-refractivity contribution >= 4 is 34.5 Å². The molecule has 10 heteroatoms. The number of sulfonamides is 1. The summed E-state index contributed by atoms with van der Waals surface area (Å²) in [4.78, 5) is 12.9. The Morgan fingerprint density at radius 2 is 1.81 bits per heavy atom. The number of halogens is 1. The molecule has 2 rings (SSSR count). The van der Waals surface area contributed by atoms with E-state index in [9.17, 15) is 13.2 Å². The fraction of sp³-hybridized carbons (Fsp3) is 0.471. The fourth-order valence-electron chi connectivity index (χ4n) is 2.83. The molecule has 1 fully saturated rings. The van der Waals surface area contributed by atoms with Gasteiger partial charge in [-0.25, -0.2) is 13.2 Å². The molecule has 8 nitrogen and oxygen atoms in total. The van der Waals surface area contributed by atoms with Crippen LogP contribution in [0.2, 0.25) is 0 Å². The Hall–Kier alpha value is -1.81. The van der Waals surface area contributed by atoms with Crippen molar-refractivity contribution in [3.63, 3.8) is 0 Å². The molecule has 0 aromatic heterocycles. The molecular weight excluding hydrogens is 396 g/mol. The summed E-state index contributed by atoms with van der Waals surface area (Å²) in [6, 6.07) is 2.94. The van der Waals surface area contributed by atoms with Crippen molar-refractivity contribution < 1.29 is 27.8 Å². The van der Waals surface area contributed by atoms with Gasteiger partial charge in [0.05, 0.1) is 14.2 Å². The van der Waals surface area contributed by atoms with Gasteiger partial charge < -0.3 is 19.5 Å². The first kappa shape index (κ1) is 23.2. The van der Waals surface area contributed by atoms with Crippen molar-refractivity contribution in [1.82, 2.24) is 9.21 Å². The molecule has 0 amide bonds. The van der Waals surface area contributed by atoms with Gasteiger partial charge in [-0.3, -0.25) is 0 Å². The summed E-state index contributed by atoms with van der Waals surface area (Å²) in [6.45, 7) is 5.01. The minimum atomic E-state index is -3.81. The maximum atomic E-state index is 13.2. The lowest BCUT2D eigenvalue weighted by Crippen LogP contribution is -2.48. The second-order valence-corrected chi connectivity index (χ2v) is 7.67. The van der Waals surface area contributed by atoms with Crippen LogP contribution in [0.3, 0.4) is 0 Å². The zero-order valence-corrected chi connectivity index (χ0v) is 17.2. The minimum Gasteiger partial charge on any atom is -0.493 e. The molecule has 27 heavy (non-hydrogen) atoms. The Bertz CT molecular complexity index is 789. The van der Waals surface area contributed by atoms with Crippen LogP contribution in [0.15, 0.2) is 23.1 Å². The Labute approximate surface area is 165 Å². The van der Waals surface area contributed by atoms with Gasteiger partial charge in [-0.15, -0.1) is 12.4 Å². The summed E-state index contributed by atoms with van der Waals surface area (Å²) in [5.41, 5.74) is 0.399. The van der Waals surface area contributed by atoms with E-state index in [1.54, 1.807) is 0 Å². The molecule has 1 heterocycles. The predicted octanol–water partition coefficient (Wildman–Crippen LogP) is 1.55. The first-order chi connectivity index (χ1) is 12.3.